The van der Waals surface area contributed by atoms with E-state index in [1.807, 2.05) is 0 Å². The fourth-order valence-electron chi connectivity index (χ4n) is 2.89. The number of hydrogen-bond donors (Lipinski definition) is 3. The number of nitrogens with two attached hydrogens (primary N) is 1. The number of rotatable bonds is 12. The van der Waals surface area contributed by atoms with Crippen LogP contribution in [0.2, 0.25) is 0 Å². The molecule has 2 aromatic rings. The molecule has 34 heavy (non-hydrogen) atoms. The minimum absolute atomic E-state index is 0.00588. The number of thiol groups is 1. The average Bonchev–Trinajstić information content (AvgIpc) is 3.32. The molecule has 190 valence electrons. The van der Waals surface area contributed by atoms with Crippen LogP contribution in [-0.2, 0) is 47.8 Å². The maximum absolute atomic E-state index is 14.6. The first-order valence-electron chi connectivity index (χ1n) is 9.47. The van der Waals surface area contributed by atoms with Crippen LogP contribution in [0.4, 0.5) is 13.2 Å². The van der Waals surface area contributed by atoms with E-state index in [0.29, 0.717) is 0 Å². The van der Waals surface area contributed by atoms with E-state index in [2.05, 4.69) is 22.2 Å². The van der Waals surface area contributed by atoms with Gasteiger partial charge in [-0.2, -0.15) is 0 Å². The number of nitrogens with zero attached hydrogens (tertiary/aromatic N) is 3. The van der Waals surface area contributed by atoms with Gasteiger partial charge in [-0.05, 0) is 17.9 Å². The number of amides is 1. The fourth-order valence-corrected chi connectivity index (χ4v) is 4.84. The minimum atomic E-state index is -3.98. The fraction of sp³-hybridized carbons (Fsp3) is 0.562. The summed E-state index contributed by atoms with van der Waals surface area (Å²) in [5, 5.41) is 0. The van der Waals surface area contributed by atoms with Crippen LogP contribution < -0.4 is 5.73 Å². The monoisotopic (exact) mass is 564 g/mol. The van der Waals surface area contributed by atoms with E-state index >= 15 is 0 Å². The molecule has 1 aliphatic rings. The highest BCUT2D eigenvalue weighted by atomic mass is 32.7. The Morgan fingerprint density at radius 2 is 2.26 bits per heavy atom. The number of carbonyl (C=O) groups excluding carboxylic acids is 1. The van der Waals surface area contributed by atoms with Crippen LogP contribution in [0.1, 0.15) is 16.2 Å². The van der Waals surface area contributed by atoms with E-state index in [9.17, 15) is 22.9 Å². The largest absolute Gasteiger partial charge is 0.375 e. The number of alkyl halides is 3. The van der Waals surface area contributed by atoms with Crippen molar-refractivity contribution in [2.45, 2.75) is 31.3 Å². The number of pyridine rings is 1. The molecule has 18 heteroatoms. The van der Waals surface area contributed by atoms with Crippen molar-refractivity contribution in [1.29, 1.82) is 0 Å². The highest BCUT2D eigenvalue weighted by Crippen LogP contribution is 2.47. The van der Waals surface area contributed by atoms with Crippen molar-refractivity contribution in [3.8, 4) is 0 Å². The molecular weight excluding hydrogens is 543 g/mol. The molecule has 3 unspecified atom stereocenters. The summed E-state index contributed by atoms with van der Waals surface area (Å²) in [6, 6.07) is 1.27. The summed E-state index contributed by atoms with van der Waals surface area (Å²) in [4.78, 5) is 29.9. The third kappa shape index (κ3) is 7.29. The van der Waals surface area contributed by atoms with Gasteiger partial charge in [-0.25, -0.2) is 23.1 Å². The number of aromatic nitrogens is 3. The lowest BCUT2D eigenvalue weighted by molar-refractivity contribution is -0.0539. The maximum Gasteiger partial charge on any atom is 0.325 e. The zero-order valence-electron chi connectivity index (χ0n) is 17.5. The Bertz CT molecular complexity index is 1080. The van der Waals surface area contributed by atoms with E-state index in [0.717, 1.165) is 10.8 Å². The molecule has 0 spiro atoms. The van der Waals surface area contributed by atoms with Crippen molar-refractivity contribution in [2.75, 3.05) is 26.9 Å². The summed E-state index contributed by atoms with van der Waals surface area (Å²) in [6.45, 7) is -6.86. The predicted molar refractivity (Wildman–Crippen MR) is 122 cm³/mol. The van der Waals surface area contributed by atoms with Gasteiger partial charge in [0.1, 0.15) is 30.7 Å². The van der Waals surface area contributed by atoms with Gasteiger partial charge in [0.05, 0.1) is 25.3 Å². The Hall–Kier alpha value is -0.930. The van der Waals surface area contributed by atoms with Crippen molar-refractivity contribution in [1.82, 2.24) is 14.5 Å². The smallest absolute Gasteiger partial charge is 0.325 e. The third-order valence-electron chi connectivity index (χ3n) is 4.47. The average molecular weight is 564 g/mol. The summed E-state index contributed by atoms with van der Waals surface area (Å²) < 4.78 is 68.9. The first-order valence-corrected chi connectivity index (χ1v) is 14.4. The molecule has 4 atom stereocenters. The number of ether oxygens (including phenoxy) is 1. The molecule has 0 bridgehead atoms. The van der Waals surface area contributed by atoms with E-state index in [1.165, 1.54) is 13.2 Å². The lowest BCUT2D eigenvalue weighted by atomic mass is 10.2. The lowest BCUT2D eigenvalue weighted by Gasteiger charge is -2.22. The Kier molecular flexibility index (Phi) is 9.29. The molecule has 1 fully saturated rings. The van der Waals surface area contributed by atoms with Gasteiger partial charge in [0.15, 0.2) is 11.8 Å². The Balaban J connectivity index is 1.85. The molecule has 3 heterocycles. The van der Waals surface area contributed by atoms with Gasteiger partial charge >= 0.3 is 6.72 Å². The first-order chi connectivity index (χ1) is 15.9. The molecular formula is C16H21F3N4O7P2S2. The van der Waals surface area contributed by atoms with Gasteiger partial charge in [0.2, 0.25) is 13.5 Å². The van der Waals surface area contributed by atoms with E-state index < -0.39 is 58.2 Å². The highest BCUT2D eigenvalue weighted by molar-refractivity contribution is 8.41. The summed E-state index contributed by atoms with van der Waals surface area (Å²) in [5.41, 5.74) is 5.31. The molecule has 1 amide bonds. The number of fused-ring (bicyclic) bond motifs is 1. The lowest BCUT2D eigenvalue weighted by Crippen LogP contribution is -2.30. The van der Waals surface area contributed by atoms with Gasteiger partial charge in [0.25, 0.3) is 5.92 Å². The Morgan fingerprint density at radius 3 is 2.88 bits per heavy atom. The van der Waals surface area contributed by atoms with Crippen LogP contribution >= 0.6 is 26.5 Å². The van der Waals surface area contributed by atoms with Crippen molar-refractivity contribution in [3.63, 3.8) is 0 Å². The predicted octanol–water partition coefficient (Wildman–Crippen LogP) is 2.47. The Morgan fingerprint density at radius 1 is 1.53 bits per heavy atom. The van der Waals surface area contributed by atoms with E-state index in [1.54, 1.807) is 0 Å². The summed E-state index contributed by atoms with van der Waals surface area (Å²) in [6.07, 6.45) is -1.50. The second kappa shape index (κ2) is 11.4. The second-order valence-electron chi connectivity index (χ2n) is 7.03. The first kappa shape index (κ1) is 27.7. The summed E-state index contributed by atoms with van der Waals surface area (Å²) >= 11 is 8.79. The minimum Gasteiger partial charge on any atom is -0.375 e. The number of primary amides is 1. The van der Waals surface area contributed by atoms with Crippen LogP contribution in [-0.4, -0.2) is 70.5 Å². The normalized spacial score (nSPS) is 21.6. The van der Waals surface area contributed by atoms with Crippen LogP contribution in [0.3, 0.4) is 0 Å². The van der Waals surface area contributed by atoms with Gasteiger partial charge in [-0.15, -0.1) is 0 Å². The van der Waals surface area contributed by atoms with Gasteiger partial charge in [0, 0.05) is 13.3 Å². The number of hydrogen-bond acceptors (Lipinski definition) is 10. The van der Waals surface area contributed by atoms with Gasteiger partial charge < -0.3 is 33.5 Å². The second-order valence-corrected chi connectivity index (χ2v) is 11.9. The van der Waals surface area contributed by atoms with Gasteiger partial charge in [-0.1, -0.05) is 12.2 Å². The number of carbonyl (C=O) groups is 1. The van der Waals surface area contributed by atoms with Crippen LogP contribution in [0.5, 0.6) is 0 Å². The zero-order valence-corrected chi connectivity index (χ0v) is 21.0. The molecule has 1 aliphatic heterocycles. The van der Waals surface area contributed by atoms with Gasteiger partial charge in [-0.3, -0.25) is 9.32 Å². The molecule has 2 aromatic heterocycles. The van der Waals surface area contributed by atoms with E-state index in [-0.39, 0.29) is 35.8 Å². The SMILES string of the molecule is COP(S)OCC(F)(F)Cn1c(COP(O)(=S)O[C@H]2COCC2F)nc2cc(C(N)=O)cnc21. The molecule has 1 saturated heterocycles. The van der Waals surface area contributed by atoms with Crippen LogP contribution in [0.15, 0.2) is 12.3 Å². The summed E-state index contributed by atoms with van der Waals surface area (Å²) in [5.74, 6) is -4.33. The number of halogens is 3. The standard InChI is InChI=1S/C16H21F3N4O7P2S2/c1-26-31(33)28-8-16(18,19)7-23-13(22-11-2-9(14(20)24)3-21-15(11)23)6-29-32(25,34)30-12-5-27-4-10(12)17/h2-3,10,12,33H,4-8H2,1H3,(H2,20,24)(H,25,34)/t10?,12-,31?,32?/m0/s1. The quantitative estimate of drug-likeness (QED) is 0.260. The topological polar surface area (TPSA) is 140 Å². The molecule has 3 rings (SSSR count). The number of imidazole rings is 1. The third-order valence-corrected chi connectivity index (χ3v) is 7.53. The molecule has 3 N–H and O–H groups in total. The van der Waals surface area contributed by atoms with Crippen molar-refractivity contribution < 1.29 is 45.7 Å². The molecule has 11 nitrogen and oxygen atoms in total. The van der Waals surface area contributed by atoms with E-state index in [4.69, 9.17) is 40.4 Å². The van der Waals surface area contributed by atoms with Crippen LogP contribution in [0.25, 0.3) is 11.2 Å². The molecule has 0 aliphatic carbocycles. The highest BCUT2D eigenvalue weighted by Gasteiger charge is 2.36. The molecule has 0 radical (unpaired) electrons. The molecule has 0 aromatic carbocycles. The zero-order chi connectivity index (χ0) is 25.1. The van der Waals surface area contributed by atoms with Crippen molar-refractivity contribution in [2.24, 2.45) is 5.73 Å². The maximum atomic E-state index is 14.6. The Labute approximate surface area is 203 Å². The summed E-state index contributed by atoms with van der Waals surface area (Å²) in [7, 11) is -0.531. The van der Waals surface area contributed by atoms with Crippen LogP contribution in [0, 0.1) is 0 Å². The van der Waals surface area contributed by atoms with Crippen molar-refractivity contribution >= 4 is 55.4 Å². The van der Waals surface area contributed by atoms with Crippen molar-refractivity contribution in [3.05, 3.63) is 23.7 Å². The molecule has 0 saturated carbocycles.